The van der Waals surface area contributed by atoms with Crippen molar-refractivity contribution in [3.05, 3.63) is 77.9 Å². The summed E-state index contributed by atoms with van der Waals surface area (Å²) in [5, 5.41) is 12.8. The molecule has 22 heavy (non-hydrogen) atoms. The van der Waals surface area contributed by atoms with Gasteiger partial charge in [0.05, 0.1) is 5.97 Å². The summed E-state index contributed by atoms with van der Waals surface area (Å²) in [6.45, 7) is 0. The predicted molar refractivity (Wildman–Crippen MR) is 84.6 cm³/mol. The molecule has 2 aromatic rings. The fourth-order valence-corrected chi connectivity index (χ4v) is 1.76. The first kappa shape index (κ1) is 15.3. The van der Waals surface area contributed by atoms with Crippen molar-refractivity contribution in [3.63, 3.8) is 0 Å². The minimum atomic E-state index is -1.41. The Kier molecular flexibility index (Phi) is 5.26. The van der Waals surface area contributed by atoms with Gasteiger partial charge in [-0.15, -0.1) is 0 Å². The fourth-order valence-electron chi connectivity index (χ4n) is 1.76. The second kappa shape index (κ2) is 7.59. The van der Waals surface area contributed by atoms with Crippen LogP contribution in [0.4, 0.5) is 5.69 Å². The first-order chi connectivity index (χ1) is 10.6. The molecule has 0 saturated heterocycles. The number of amides is 1. The van der Waals surface area contributed by atoms with Crippen molar-refractivity contribution >= 4 is 29.7 Å². The third-order valence-corrected chi connectivity index (χ3v) is 2.82. The molecule has 0 aromatic heterocycles. The minimum Gasteiger partial charge on any atom is -0.545 e. The summed E-state index contributed by atoms with van der Waals surface area (Å²) in [7, 11) is 0. The van der Waals surface area contributed by atoms with Crippen molar-refractivity contribution in [2.24, 2.45) is 0 Å². The Balaban J connectivity index is 1.97. The zero-order valence-corrected chi connectivity index (χ0v) is 11.7. The van der Waals surface area contributed by atoms with Gasteiger partial charge in [0.2, 0.25) is 5.91 Å². The van der Waals surface area contributed by atoms with Gasteiger partial charge in [0.25, 0.3) is 0 Å². The van der Waals surface area contributed by atoms with Gasteiger partial charge in [0.15, 0.2) is 0 Å². The third kappa shape index (κ3) is 5.09. The van der Waals surface area contributed by atoms with Crippen molar-refractivity contribution in [1.29, 1.82) is 0 Å². The van der Waals surface area contributed by atoms with E-state index in [1.54, 1.807) is 12.1 Å². The van der Waals surface area contributed by atoms with Crippen LogP contribution in [-0.4, -0.2) is 11.9 Å². The molecule has 0 heterocycles. The molecule has 0 unspecified atom stereocenters. The van der Waals surface area contributed by atoms with Crippen LogP contribution in [0.15, 0.2) is 66.7 Å². The van der Waals surface area contributed by atoms with Crippen molar-refractivity contribution in [2.75, 3.05) is 5.32 Å². The molecule has 0 atom stereocenters. The van der Waals surface area contributed by atoms with Gasteiger partial charge in [0.1, 0.15) is 0 Å². The monoisotopic (exact) mass is 292 g/mol. The number of carboxylic acid groups (broad SMARTS) is 1. The van der Waals surface area contributed by atoms with E-state index in [4.69, 9.17) is 0 Å². The van der Waals surface area contributed by atoms with E-state index in [1.807, 2.05) is 54.6 Å². The Labute approximate surface area is 128 Å². The summed E-state index contributed by atoms with van der Waals surface area (Å²) >= 11 is 0. The summed E-state index contributed by atoms with van der Waals surface area (Å²) < 4.78 is 0. The molecular formula is C18H14NO3-. The standard InChI is InChI=1S/C18H15NO3/c20-17(12-13-18(21)22)19-16-10-8-15(9-11-16)7-6-14-4-2-1-3-5-14/h1-13H,(H,19,20)(H,21,22)/p-1/b7-6+,13-12+. The zero-order valence-electron chi connectivity index (χ0n) is 11.7. The molecule has 0 spiro atoms. The molecule has 0 bridgehead atoms. The van der Waals surface area contributed by atoms with Gasteiger partial charge in [-0.05, 0) is 29.3 Å². The van der Waals surface area contributed by atoms with Crippen LogP contribution in [0.25, 0.3) is 12.2 Å². The number of carbonyl (C=O) groups excluding carboxylic acids is 2. The van der Waals surface area contributed by atoms with E-state index in [9.17, 15) is 14.7 Å². The predicted octanol–water partition coefficient (Wildman–Crippen LogP) is 2.10. The van der Waals surface area contributed by atoms with Gasteiger partial charge < -0.3 is 15.2 Å². The van der Waals surface area contributed by atoms with Gasteiger partial charge in [0, 0.05) is 11.8 Å². The lowest BCUT2D eigenvalue weighted by atomic mass is 10.1. The molecular weight excluding hydrogens is 278 g/mol. The molecule has 1 N–H and O–H groups in total. The second-order valence-corrected chi connectivity index (χ2v) is 4.51. The summed E-state index contributed by atoms with van der Waals surface area (Å²) in [4.78, 5) is 21.6. The number of carbonyl (C=O) groups is 2. The van der Waals surface area contributed by atoms with Crippen molar-refractivity contribution in [3.8, 4) is 0 Å². The Bertz CT molecular complexity index is 701. The molecule has 110 valence electrons. The number of carboxylic acids is 1. The van der Waals surface area contributed by atoms with E-state index in [2.05, 4.69) is 5.32 Å². The topological polar surface area (TPSA) is 69.2 Å². The lowest BCUT2D eigenvalue weighted by Gasteiger charge is -2.02. The lowest BCUT2D eigenvalue weighted by molar-refractivity contribution is -0.297. The molecule has 0 radical (unpaired) electrons. The van der Waals surface area contributed by atoms with Crippen molar-refractivity contribution < 1.29 is 14.7 Å². The Morgan fingerprint density at radius 2 is 1.41 bits per heavy atom. The Hall–Kier alpha value is -3.14. The zero-order chi connectivity index (χ0) is 15.8. The van der Waals surface area contributed by atoms with Crippen LogP contribution < -0.4 is 10.4 Å². The van der Waals surface area contributed by atoms with Crippen LogP contribution in [0.3, 0.4) is 0 Å². The van der Waals surface area contributed by atoms with Crippen LogP contribution in [0, 0.1) is 0 Å². The summed E-state index contributed by atoms with van der Waals surface area (Å²) in [6, 6.07) is 17.1. The Morgan fingerprint density at radius 3 is 2.00 bits per heavy atom. The average molecular weight is 292 g/mol. The van der Waals surface area contributed by atoms with Gasteiger partial charge in [-0.1, -0.05) is 54.6 Å². The van der Waals surface area contributed by atoms with E-state index < -0.39 is 11.9 Å². The second-order valence-electron chi connectivity index (χ2n) is 4.51. The maximum absolute atomic E-state index is 11.4. The summed E-state index contributed by atoms with van der Waals surface area (Å²) in [5.74, 6) is -1.92. The number of hydrogen-bond donors (Lipinski definition) is 1. The molecule has 2 rings (SSSR count). The Morgan fingerprint density at radius 1 is 0.818 bits per heavy atom. The van der Waals surface area contributed by atoms with E-state index >= 15 is 0 Å². The molecule has 1 amide bonds. The molecule has 2 aromatic carbocycles. The van der Waals surface area contributed by atoms with Gasteiger partial charge in [-0.3, -0.25) is 4.79 Å². The molecule has 0 saturated carbocycles. The highest BCUT2D eigenvalue weighted by molar-refractivity contribution is 6.02. The molecule has 0 fully saturated rings. The fraction of sp³-hybridized carbons (Fsp3) is 0. The van der Waals surface area contributed by atoms with Gasteiger partial charge in [-0.2, -0.15) is 0 Å². The van der Waals surface area contributed by atoms with E-state index in [1.165, 1.54) is 0 Å². The SMILES string of the molecule is O=C([O-])/C=C/C(=O)Nc1ccc(/C=C/c2ccccc2)cc1. The number of anilines is 1. The third-order valence-electron chi connectivity index (χ3n) is 2.82. The van der Waals surface area contributed by atoms with E-state index in [-0.39, 0.29) is 0 Å². The molecule has 0 aliphatic carbocycles. The normalized spacial score (nSPS) is 10.9. The summed E-state index contributed by atoms with van der Waals surface area (Å²) in [6.07, 6.45) is 5.57. The molecule has 0 aliphatic heterocycles. The van der Waals surface area contributed by atoms with Gasteiger partial charge >= 0.3 is 0 Å². The quantitative estimate of drug-likeness (QED) is 0.677. The maximum atomic E-state index is 11.4. The number of aliphatic carboxylic acids is 1. The van der Waals surface area contributed by atoms with Crippen molar-refractivity contribution in [1.82, 2.24) is 0 Å². The number of benzene rings is 2. The lowest BCUT2D eigenvalue weighted by Crippen LogP contribution is -2.20. The molecule has 4 heteroatoms. The molecule has 4 nitrogen and oxygen atoms in total. The van der Waals surface area contributed by atoms with Crippen LogP contribution in [0.1, 0.15) is 11.1 Å². The van der Waals surface area contributed by atoms with E-state index in [0.29, 0.717) is 11.8 Å². The minimum absolute atomic E-state index is 0.517. The van der Waals surface area contributed by atoms with Crippen molar-refractivity contribution in [2.45, 2.75) is 0 Å². The number of nitrogens with one attached hydrogen (secondary N) is 1. The largest absolute Gasteiger partial charge is 0.545 e. The highest BCUT2D eigenvalue weighted by Crippen LogP contribution is 2.12. The smallest absolute Gasteiger partial charge is 0.248 e. The van der Waals surface area contributed by atoms with Crippen LogP contribution >= 0.6 is 0 Å². The van der Waals surface area contributed by atoms with Crippen LogP contribution in [0.5, 0.6) is 0 Å². The van der Waals surface area contributed by atoms with Crippen LogP contribution in [0.2, 0.25) is 0 Å². The highest BCUT2D eigenvalue weighted by Gasteiger charge is 1.97. The molecule has 0 aliphatic rings. The number of hydrogen-bond acceptors (Lipinski definition) is 3. The maximum Gasteiger partial charge on any atom is 0.248 e. The number of rotatable bonds is 5. The van der Waals surface area contributed by atoms with E-state index in [0.717, 1.165) is 17.2 Å². The highest BCUT2D eigenvalue weighted by atomic mass is 16.4. The van der Waals surface area contributed by atoms with Gasteiger partial charge in [-0.25, -0.2) is 0 Å². The first-order valence-electron chi connectivity index (χ1n) is 6.67. The average Bonchev–Trinajstić information content (AvgIpc) is 2.53. The summed E-state index contributed by atoms with van der Waals surface area (Å²) in [5.41, 5.74) is 2.68. The first-order valence-corrected chi connectivity index (χ1v) is 6.67. The van der Waals surface area contributed by atoms with Crippen LogP contribution in [-0.2, 0) is 9.59 Å².